The number of carbonyl (C=O) groups is 1. The minimum Gasteiger partial charge on any atom is -0.335 e. The van der Waals surface area contributed by atoms with Crippen molar-refractivity contribution in [3.05, 3.63) is 39.4 Å². The van der Waals surface area contributed by atoms with Crippen molar-refractivity contribution < 1.29 is 18.1 Å². The molecule has 1 fully saturated rings. The Kier molecular flexibility index (Phi) is 5.03. The summed E-state index contributed by atoms with van der Waals surface area (Å²) in [5.41, 5.74) is 0.466. The molecule has 0 N–H and O–H groups in total. The number of sulfone groups is 1. The van der Waals surface area contributed by atoms with Gasteiger partial charge < -0.3 is 4.90 Å². The van der Waals surface area contributed by atoms with Crippen LogP contribution in [0.25, 0.3) is 0 Å². The Balaban J connectivity index is 2.36. The van der Waals surface area contributed by atoms with E-state index in [1.807, 2.05) is 6.92 Å². The van der Waals surface area contributed by atoms with Crippen molar-refractivity contribution in [2.45, 2.75) is 32.7 Å². The van der Waals surface area contributed by atoms with Crippen molar-refractivity contribution in [2.75, 3.05) is 18.1 Å². The maximum atomic E-state index is 12.8. The zero-order valence-electron chi connectivity index (χ0n) is 13.2. The number of benzene rings is 1. The summed E-state index contributed by atoms with van der Waals surface area (Å²) in [6.07, 6.45) is 1.11. The highest BCUT2D eigenvalue weighted by Gasteiger charge is 2.35. The topological polar surface area (TPSA) is 97.6 Å². The summed E-state index contributed by atoms with van der Waals surface area (Å²) in [4.78, 5) is 24.9. The monoisotopic (exact) mass is 340 g/mol. The van der Waals surface area contributed by atoms with E-state index in [9.17, 15) is 23.3 Å². The van der Waals surface area contributed by atoms with Crippen LogP contribution in [0.1, 0.15) is 35.7 Å². The second-order valence-corrected chi connectivity index (χ2v) is 7.99. The maximum Gasteiger partial charge on any atom is 0.273 e. The van der Waals surface area contributed by atoms with Gasteiger partial charge in [0.05, 0.1) is 16.4 Å². The maximum absolute atomic E-state index is 12.8. The third kappa shape index (κ3) is 3.69. The molecule has 1 aliphatic rings. The van der Waals surface area contributed by atoms with E-state index in [0.29, 0.717) is 24.9 Å². The summed E-state index contributed by atoms with van der Waals surface area (Å²) in [5, 5.41) is 11.0. The Bertz CT molecular complexity index is 729. The van der Waals surface area contributed by atoms with Crippen LogP contribution in [-0.4, -0.2) is 48.2 Å². The number of carbonyl (C=O) groups excluding carboxylic acids is 1. The van der Waals surface area contributed by atoms with Crippen LogP contribution in [-0.2, 0) is 9.84 Å². The van der Waals surface area contributed by atoms with Crippen LogP contribution in [0.4, 0.5) is 5.69 Å². The molecule has 1 saturated heterocycles. The van der Waals surface area contributed by atoms with Gasteiger partial charge in [-0.15, -0.1) is 0 Å². The average molecular weight is 340 g/mol. The molecule has 1 aliphatic heterocycles. The van der Waals surface area contributed by atoms with Crippen LogP contribution in [0.15, 0.2) is 18.2 Å². The van der Waals surface area contributed by atoms with Crippen LogP contribution in [0.2, 0.25) is 0 Å². The smallest absolute Gasteiger partial charge is 0.273 e. The highest BCUT2D eigenvalue weighted by Crippen LogP contribution is 2.25. The molecule has 0 aromatic heterocycles. The zero-order valence-corrected chi connectivity index (χ0v) is 14.0. The number of hydrogen-bond acceptors (Lipinski definition) is 5. The van der Waals surface area contributed by atoms with E-state index in [-0.39, 0.29) is 34.7 Å². The molecule has 0 spiro atoms. The Morgan fingerprint density at radius 3 is 2.65 bits per heavy atom. The van der Waals surface area contributed by atoms with Crippen LogP contribution in [0, 0.1) is 17.0 Å². The first-order chi connectivity index (χ1) is 10.8. The van der Waals surface area contributed by atoms with Gasteiger partial charge in [0.2, 0.25) is 0 Å². The van der Waals surface area contributed by atoms with Gasteiger partial charge in [-0.3, -0.25) is 14.9 Å². The van der Waals surface area contributed by atoms with E-state index >= 15 is 0 Å². The predicted molar refractivity (Wildman–Crippen MR) is 86.2 cm³/mol. The molecule has 8 heteroatoms. The van der Waals surface area contributed by atoms with Gasteiger partial charge in [-0.1, -0.05) is 13.0 Å². The van der Waals surface area contributed by atoms with E-state index in [0.717, 1.165) is 0 Å². The number of amides is 1. The second-order valence-electron chi connectivity index (χ2n) is 5.76. The van der Waals surface area contributed by atoms with E-state index in [1.54, 1.807) is 17.9 Å². The molecule has 1 amide bonds. The normalized spacial score (nSPS) is 19.5. The van der Waals surface area contributed by atoms with Gasteiger partial charge in [0.25, 0.3) is 11.6 Å². The first kappa shape index (κ1) is 17.4. The van der Waals surface area contributed by atoms with Gasteiger partial charge in [-0.05, 0) is 25.8 Å². The third-order valence-electron chi connectivity index (χ3n) is 4.11. The van der Waals surface area contributed by atoms with E-state index in [2.05, 4.69) is 0 Å². The van der Waals surface area contributed by atoms with E-state index in [4.69, 9.17) is 0 Å². The lowest BCUT2D eigenvalue weighted by atomic mass is 10.0. The molecule has 2 rings (SSSR count). The SMILES string of the molecule is CCCN(C(=O)c1cccc([N+](=O)[O-])c1C)C1CCS(=O)(=O)C1. The Hall–Kier alpha value is -1.96. The molecule has 1 aromatic rings. The molecule has 1 heterocycles. The van der Waals surface area contributed by atoms with Gasteiger partial charge in [-0.2, -0.15) is 0 Å². The quantitative estimate of drug-likeness (QED) is 0.603. The minimum absolute atomic E-state index is 0.0350. The lowest BCUT2D eigenvalue weighted by Gasteiger charge is -2.28. The van der Waals surface area contributed by atoms with Crippen molar-refractivity contribution in [1.29, 1.82) is 0 Å². The van der Waals surface area contributed by atoms with Crippen molar-refractivity contribution in [3.8, 4) is 0 Å². The van der Waals surface area contributed by atoms with Crippen LogP contribution >= 0.6 is 0 Å². The fourth-order valence-corrected chi connectivity index (χ4v) is 4.65. The second kappa shape index (κ2) is 6.66. The molecule has 1 unspecified atom stereocenters. The van der Waals surface area contributed by atoms with Crippen molar-refractivity contribution in [2.24, 2.45) is 0 Å². The average Bonchev–Trinajstić information content (AvgIpc) is 2.84. The van der Waals surface area contributed by atoms with Crippen molar-refractivity contribution >= 4 is 21.4 Å². The summed E-state index contributed by atoms with van der Waals surface area (Å²) in [5.74, 6) is -0.290. The van der Waals surface area contributed by atoms with Crippen molar-refractivity contribution in [3.63, 3.8) is 0 Å². The van der Waals surface area contributed by atoms with Crippen molar-refractivity contribution in [1.82, 2.24) is 4.90 Å². The summed E-state index contributed by atoms with van der Waals surface area (Å²) in [7, 11) is -3.11. The molecular formula is C15H20N2O5S. The molecule has 1 aromatic carbocycles. The van der Waals surface area contributed by atoms with Gasteiger partial charge in [0.15, 0.2) is 9.84 Å². The predicted octanol–water partition coefficient (Wildman–Crippen LogP) is 1.94. The molecule has 0 radical (unpaired) electrons. The summed E-state index contributed by atoms with van der Waals surface area (Å²) in [6.45, 7) is 3.88. The largest absolute Gasteiger partial charge is 0.335 e. The Labute approximate surface area is 135 Å². The highest BCUT2D eigenvalue weighted by molar-refractivity contribution is 7.91. The molecule has 0 saturated carbocycles. The molecule has 0 bridgehead atoms. The number of hydrogen-bond donors (Lipinski definition) is 0. The van der Waals surface area contributed by atoms with Gasteiger partial charge in [0.1, 0.15) is 0 Å². The lowest BCUT2D eigenvalue weighted by Crippen LogP contribution is -2.42. The molecule has 0 aliphatic carbocycles. The van der Waals surface area contributed by atoms with Crippen LogP contribution in [0.5, 0.6) is 0 Å². The summed E-state index contributed by atoms with van der Waals surface area (Å²) in [6, 6.07) is 4.03. The molecule has 23 heavy (non-hydrogen) atoms. The van der Waals surface area contributed by atoms with Crippen LogP contribution < -0.4 is 0 Å². The minimum atomic E-state index is -3.11. The summed E-state index contributed by atoms with van der Waals surface area (Å²) >= 11 is 0. The summed E-state index contributed by atoms with van der Waals surface area (Å²) < 4.78 is 23.4. The molecule has 1 atom stereocenters. The lowest BCUT2D eigenvalue weighted by molar-refractivity contribution is -0.385. The number of nitrogens with zero attached hydrogens (tertiary/aromatic N) is 2. The van der Waals surface area contributed by atoms with Gasteiger partial charge >= 0.3 is 0 Å². The van der Waals surface area contributed by atoms with E-state index < -0.39 is 14.8 Å². The first-order valence-electron chi connectivity index (χ1n) is 7.52. The number of nitro groups is 1. The van der Waals surface area contributed by atoms with E-state index in [1.165, 1.54) is 12.1 Å². The third-order valence-corrected chi connectivity index (χ3v) is 5.86. The standard InChI is InChI=1S/C15H20N2O5S/c1-3-8-16(12-7-9-23(21,22)10-12)15(18)13-5-4-6-14(11(13)2)17(19)20/h4-6,12H,3,7-10H2,1-2H3. The van der Waals surface area contributed by atoms with Crippen LogP contribution in [0.3, 0.4) is 0 Å². The fourth-order valence-electron chi connectivity index (χ4n) is 2.92. The first-order valence-corrected chi connectivity index (χ1v) is 9.34. The Morgan fingerprint density at radius 2 is 2.13 bits per heavy atom. The Morgan fingerprint density at radius 1 is 1.43 bits per heavy atom. The van der Waals surface area contributed by atoms with Gasteiger partial charge in [-0.25, -0.2) is 8.42 Å². The number of rotatable bonds is 5. The zero-order chi connectivity index (χ0) is 17.2. The number of nitro benzene ring substituents is 1. The highest BCUT2D eigenvalue weighted by atomic mass is 32.2. The van der Waals surface area contributed by atoms with Gasteiger partial charge in [0, 0.05) is 29.8 Å². The molecule has 7 nitrogen and oxygen atoms in total. The fraction of sp³-hybridized carbons (Fsp3) is 0.533. The molecule has 126 valence electrons. The molecular weight excluding hydrogens is 320 g/mol.